The number of rotatable bonds is 5. The van der Waals surface area contributed by atoms with E-state index >= 15 is 0 Å². The molecule has 0 bridgehead atoms. The van der Waals surface area contributed by atoms with E-state index in [1.807, 2.05) is 11.8 Å². The monoisotopic (exact) mass is 349 g/mol. The quantitative estimate of drug-likeness (QED) is 0.804. The molecule has 0 radical (unpaired) electrons. The van der Waals surface area contributed by atoms with Crippen molar-refractivity contribution in [2.75, 3.05) is 45.8 Å². The number of nitrogens with zero attached hydrogens (tertiary/aromatic N) is 5. The minimum Gasteiger partial charge on any atom is -0.343 e. The van der Waals surface area contributed by atoms with Crippen LogP contribution in [0.3, 0.4) is 0 Å². The molecule has 140 valence electrons. The Bertz CT molecular complexity index is 560. The van der Waals surface area contributed by atoms with Crippen LogP contribution in [0.25, 0.3) is 0 Å². The first-order valence-corrected chi connectivity index (χ1v) is 9.61. The molecule has 1 unspecified atom stereocenters. The fraction of sp³-hybridized carbons (Fsp3) is 0.833. The molecular weight excluding hydrogens is 318 g/mol. The minimum absolute atomic E-state index is 0.189. The molecule has 0 aliphatic carbocycles. The molecular formula is C18H31N5O2. The van der Waals surface area contributed by atoms with E-state index in [1.54, 1.807) is 6.92 Å². The fourth-order valence-electron chi connectivity index (χ4n) is 3.87. The van der Waals surface area contributed by atoms with Crippen LogP contribution in [0.5, 0.6) is 0 Å². The average molecular weight is 349 g/mol. The van der Waals surface area contributed by atoms with Gasteiger partial charge in [0.15, 0.2) is 5.82 Å². The summed E-state index contributed by atoms with van der Waals surface area (Å²) in [6.07, 6.45) is 3.09. The van der Waals surface area contributed by atoms with Crippen LogP contribution >= 0.6 is 0 Å². The number of amides is 1. The second-order valence-corrected chi connectivity index (χ2v) is 7.36. The van der Waals surface area contributed by atoms with Crippen molar-refractivity contribution >= 4 is 5.91 Å². The summed E-state index contributed by atoms with van der Waals surface area (Å²) in [6.45, 7) is 13.1. The highest BCUT2D eigenvalue weighted by Crippen LogP contribution is 2.22. The molecule has 7 nitrogen and oxygen atoms in total. The van der Waals surface area contributed by atoms with Crippen LogP contribution in [0.2, 0.25) is 0 Å². The Labute approximate surface area is 150 Å². The molecule has 1 aromatic heterocycles. The number of carbonyl (C=O) groups excluding carboxylic acids is 1. The predicted octanol–water partition coefficient (Wildman–Crippen LogP) is 1.57. The predicted molar refractivity (Wildman–Crippen MR) is 95.1 cm³/mol. The van der Waals surface area contributed by atoms with Gasteiger partial charge in [-0.15, -0.1) is 0 Å². The van der Waals surface area contributed by atoms with Crippen molar-refractivity contribution in [3.05, 3.63) is 11.7 Å². The lowest BCUT2D eigenvalue weighted by Crippen LogP contribution is -2.49. The second-order valence-electron chi connectivity index (χ2n) is 7.36. The highest BCUT2D eigenvalue weighted by Gasteiger charge is 2.28. The number of hydrogen-bond acceptors (Lipinski definition) is 6. The van der Waals surface area contributed by atoms with E-state index in [0.29, 0.717) is 0 Å². The van der Waals surface area contributed by atoms with Gasteiger partial charge in [0, 0.05) is 59.2 Å². The Balaban J connectivity index is 1.42. The molecule has 2 fully saturated rings. The molecule has 2 saturated heterocycles. The van der Waals surface area contributed by atoms with Gasteiger partial charge >= 0.3 is 0 Å². The third-order valence-corrected chi connectivity index (χ3v) is 5.69. The van der Waals surface area contributed by atoms with Gasteiger partial charge in [-0.2, -0.15) is 4.98 Å². The number of aromatic nitrogens is 2. The largest absolute Gasteiger partial charge is 0.343 e. The maximum atomic E-state index is 11.4. The van der Waals surface area contributed by atoms with E-state index in [0.717, 1.165) is 82.7 Å². The van der Waals surface area contributed by atoms with Crippen molar-refractivity contribution in [3.8, 4) is 0 Å². The number of likely N-dealkylation sites (tertiary alicyclic amines) is 1. The molecule has 25 heavy (non-hydrogen) atoms. The van der Waals surface area contributed by atoms with E-state index in [2.05, 4.69) is 26.9 Å². The standard InChI is InChI=1S/C18H31N5O2/c1-4-17-19-18(25-20-17)14(2)22-11-9-21(10-12-22)13-16-5-7-23(8-6-16)15(3)24/h14,16H,4-13H2,1-3H3. The van der Waals surface area contributed by atoms with Gasteiger partial charge in [0.2, 0.25) is 11.8 Å². The molecule has 0 saturated carbocycles. The van der Waals surface area contributed by atoms with Gasteiger partial charge < -0.3 is 14.3 Å². The lowest BCUT2D eigenvalue weighted by Gasteiger charge is -2.39. The number of piperazine rings is 1. The fourth-order valence-corrected chi connectivity index (χ4v) is 3.87. The van der Waals surface area contributed by atoms with Crippen molar-refractivity contribution < 1.29 is 9.32 Å². The molecule has 1 atom stereocenters. The number of carbonyl (C=O) groups is 1. The Morgan fingerprint density at radius 1 is 1.20 bits per heavy atom. The third-order valence-electron chi connectivity index (χ3n) is 5.69. The lowest BCUT2D eigenvalue weighted by atomic mass is 9.96. The van der Waals surface area contributed by atoms with Crippen molar-refractivity contribution in [1.29, 1.82) is 0 Å². The van der Waals surface area contributed by atoms with Crippen LogP contribution in [0, 0.1) is 5.92 Å². The van der Waals surface area contributed by atoms with Gasteiger partial charge in [-0.3, -0.25) is 9.69 Å². The Morgan fingerprint density at radius 3 is 2.44 bits per heavy atom. The zero-order chi connectivity index (χ0) is 17.8. The van der Waals surface area contributed by atoms with E-state index in [4.69, 9.17) is 4.52 Å². The van der Waals surface area contributed by atoms with E-state index < -0.39 is 0 Å². The molecule has 1 aromatic rings. The highest BCUT2D eigenvalue weighted by atomic mass is 16.5. The van der Waals surface area contributed by atoms with Crippen LogP contribution in [0.4, 0.5) is 0 Å². The first-order valence-electron chi connectivity index (χ1n) is 9.61. The van der Waals surface area contributed by atoms with Crippen LogP contribution in [-0.4, -0.2) is 76.6 Å². The first-order chi connectivity index (χ1) is 12.1. The summed E-state index contributed by atoms with van der Waals surface area (Å²) >= 11 is 0. The summed E-state index contributed by atoms with van der Waals surface area (Å²) in [6, 6.07) is 0.189. The van der Waals surface area contributed by atoms with Gasteiger partial charge in [0.25, 0.3) is 0 Å². The summed E-state index contributed by atoms with van der Waals surface area (Å²) in [7, 11) is 0. The van der Waals surface area contributed by atoms with Crippen molar-refractivity contribution in [1.82, 2.24) is 24.8 Å². The SMILES string of the molecule is CCc1noc(C(C)N2CCN(CC3CCN(C(C)=O)CC3)CC2)n1. The number of piperidine rings is 1. The van der Waals surface area contributed by atoms with Crippen LogP contribution in [0.1, 0.15) is 51.4 Å². The van der Waals surface area contributed by atoms with Gasteiger partial charge in [0.1, 0.15) is 0 Å². The maximum absolute atomic E-state index is 11.4. The topological polar surface area (TPSA) is 65.7 Å². The highest BCUT2D eigenvalue weighted by molar-refractivity contribution is 5.73. The van der Waals surface area contributed by atoms with E-state index in [9.17, 15) is 4.79 Å². The van der Waals surface area contributed by atoms with Gasteiger partial charge in [-0.25, -0.2) is 0 Å². The summed E-state index contributed by atoms with van der Waals surface area (Å²) in [4.78, 5) is 22.9. The second kappa shape index (κ2) is 8.27. The lowest BCUT2D eigenvalue weighted by molar-refractivity contribution is -0.130. The third kappa shape index (κ3) is 4.58. The molecule has 3 heterocycles. The Hall–Kier alpha value is -1.47. The molecule has 0 N–H and O–H groups in total. The van der Waals surface area contributed by atoms with Crippen LogP contribution in [-0.2, 0) is 11.2 Å². The Morgan fingerprint density at radius 2 is 1.88 bits per heavy atom. The Kier molecular flexibility index (Phi) is 6.06. The maximum Gasteiger partial charge on any atom is 0.243 e. The molecule has 3 rings (SSSR count). The number of hydrogen-bond donors (Lipinski definition) is 0. The summed E-state index contributed by atoms with van der Waals surface area (Å²) < 4.78 is 5.40. The molecule has 7 heteroatoms. The van der Waals surface area contributed by atoms with Gasteiger partial charge in [0.05, 0.1) is 6.04 Å². The molecule has 0 aromatic carbocycles. The minimum atomic E-state index is 0.189. The van der Waals surface area contributed by atoms with Crippen molar-refractivity contribution in [2.45, 2.75) is 46.1 Å². The summed E-state index contributed by atoms with van der Waals surface area (Å²) in [5.41, 5.74) is 0. The smallest absolute Gasteiger partial charge is 0.243 e. The first kappa shape index (κ1) is 18.3. The van der Waals surface area contributed by atoms with Crippen LogP contribution < -0.4 is 0 Å². The van der Waals surface area contributed by atoms with E-state index in [-0.39, 0.29) is 11.9 Å². The van der Waals surface area contributed by atoms with Gasteiger partial charge in [-0.05, 0) is 25.7 Å². The van der Waals surface area contributed by atoms with E-state index in [1.165, 1.54) is 0 Å². The zero-order valence-electron chi connectivity index (χ0n) is 15.8. The molecule has 0 spiro atoms. The molecule has 1 amide bonds. The summed E-state index contributed by atoms with van der Waals surface area (Å²) in [5, 5.41) is 4.01. The average Bonchev–Trinajstić information content (AvgIpc) is 3.11. The van der Waals surface area contributed by atoms with Crippen molar-refractivity contribution in [2.24, 2.45) is 5.92 Å². The molecule has 2 aliphatic heterocycles. The zero-order valence-corrected chi connectivity index (χ0v) is 15.8. The molecule has 2 aliphatic rings. The van der Waals surface area contributed by atoms with Crippen LogP contribution in [0.15, 0.2) is 4.52 Å². The number of aryl methyl sites for hydroxylation is 1. The van der Waals surface area contributed by atoms with Crippen molar-refractivity contribution in [3.63, 3.8) is 0 Å². The van der Waals surface area contributed by atoms with Gasteiger partial charge in [-0.1, -0.05) is 12.1 Å². The normalized spacial score (nSPS) is 22.3. The summed E-state index contributed by atoms with van der Waals surface area (Å²) in [5.74, 6) is 2.47.